The average molecular weight is 254 g/mol. The van der Waals surface area contributed by atoms with Crippen LogP contribution >= 0.6 is 0 Å². The van der Waals surface area contributed by atoms with Crippen molar-refractivity contribution in [3.63, 3.8) is 0 Å². The van der Waals surface area contributed by atoms with Crippen molar-refractivity contribution in [1.29, 1.82) is 0 Å². The number of methoxy groups -OCH3 is 1. The van der Waals surface area contributed by atoms with Crippen molar-refractivity contribution >= 4 is 16.7 Å². The summed E-state index contributed by atoms with van der Waals surface area (Å²) in [6, 6.07) is 11.7. The molecule has 3 heteroatoms. The quantitative estimate of drug-likeness (QED) is 0.824. The predicted molar refractivity (Wildman–Crippen MR) is 75.3 cm³/mol. The molecule has 1 aliphatic rings. The van der Waals surface area contributed by atoms with Gasteiger partial charge in [-0.2, -0.15) is 0 Å². The third-order valence-electron chi connectivity index (χ3n) is 3.53. The largest absolute Gasteiger partial charge is 0.497 e. The first-order valence-electron chi connectivity index (χ1n) is 6.47. The van der Waals surface area contributed by atoms with Crippen LogP contribution < -0.4 is 4.74 Å². The van der Waals surface area contributed by atoms with Crippen LogP contribution in [0.3, 0.4) is 0 Å². The van der Waals surface area contributed by atoms with Crippen molar-refractivity contribution in [2.45, 2.75) is 6.42 Å². The minimum Gasteiger partial charge on any atom is -0.497 e. The summed E-state index contributed by atoms with van der Waals surface area (Å²) in [5.74, 6) is 0.951. The molecule has 0 aliphatic carbocycles. The van der Waals surface area contributed by atoms with Gasteiger partial charge in [0.15, 0.2) is 0 Å². The van der Waals surface area contributed by atoms with Crippen molar-refractivity contribution in [3.05, 3.63) is 48.4 Å². The Hall–Kier alpha value is -2.03. The van der Waals surface area contributed by atoms with Crippen LogP contribution in [-0.4, -0.2) is 31.0 Å². The number of benzene rings is 2. The second-order valence-corrected chi connectivity index (χ2v) is 4.76. The summed E-state index contributed by atoms with van der Waals surface area (Å²) in [4.78, 5) is 14.2. The van der Waals surface area contributed by atoms with E-state index in [-0.39, 0.29) is 5.91 Å². The molecule has 3 rings (SSSR count). The molecule has 0 N–H and O–H groups in total. The lowest BCUT2D eigenvalue weighted by Gasteiger charge is -2.15. The lowest BCUT2D eigenvalue weighted by atomic mass is 10.1. The monoisotopic (exact) mass is 254 g/mol. The van der Waals surface area contributed by atoms with Crippen LogP contribution in [0, 0.1) is 6.42 Å². The Balaban J connectivity index is 1.95. The number of fused-ring (bicyclic) bond motifs is 1. The van der Waals surface area contributed by atoms with Crippen LogP contribution in [0.2, 0.25) is 0 Å². The van der Waals surface area contributed by atoms with Gasteiger partial charge < -0.3 is 9.64 Å². The normalized spacial score (nSPS) is 14.9. The molecule has 3 nitrogen and oxygen atoms in total. The molecule has 1 fully saturated rings. The third-order valence-corrected chi connectivity index (χ3v) is 3.53. The molecule has 1 saturated heterocycles. The van der Waals surface area contributed by atoms with E-state index in [0.29, 0.717) is 0 Å². The number of rotatable bonds is 2. The van der Waals surface area contributed by atoms with Gasteiger partial charge in [-0.05, 0) is 47.9 Å². The molecule has 1 amide bonds. The molecule has 2 aromatic carbocycles. The number of carbonyl (C=O) groups excluding carboxylic acids is 1. The number of carbonyl (C=O) groups is 1. The minimum absolute atomic E-state index is 0.117. The summed E-state index contributed by atoms with van der Waals surface area (Å²) >= 11 is 0. The van der Waals surface area contributed by atoms with Gasteiger partial charge in [-0.25, -0.2) is 0 Å². The average Bonchev–Trinajstić information content (AvgIpc) is 2.99. The molecule has 19 heavy (non-hydrogen) atoms. The van der Waals surface area contributed by atoms with Gasteiger partial charge in [0.25, 0.3) is 5.91 Å². The zero-order chi connectivity index (χ0) is 13.2. The zero-order valence-electron chi connectivity index (χ0n) is 10.9. The molecule has 97 valence electrons. The Bertz CT molecular complexity index is 615. The van der Waals surface area contributed by atoms with Gasteiger partial charge in [0.2, 0.25) is 0 Å². The summed E-state index contributed by atoms with van der Waals surface area (Å²) < 4.78 is 5.20. The van der Waals surface area contributed by atoms with E-state index in [1.54, 1.807) is 7.11 Å². The first kappa shape index (κ1) is 12.0. The predicted octanol–water partition coefficient (Wildman–Crippen LogP) is 2.90. The summed E-state index contributed by atoms with van der Waals surface area (Å²) in [5.41, 5.74) is 0.757. The van der Waals surface area contributed by atoms with E-state index < -0.39 is 0 Å². The Labute approximate surface area is 112 Å². The number of nitrogens with zero attached hydrogens (tertiary/aromatic N) is 1. The highest BCUT2D eigenvalue weighted by molar-refractivity contribution is 5.99. The topological polar surface area (TPSA) is 29.5 Å². The Morgan fingerprint density at radius 2 is 1.95 bits per heavy atom. The van der Waals surface area contributed by atoms with Gasteiger partial charge in [-0.3, -0.25) is 4.79 Å². The van der Waals surface area contributed by atoms with Crippen LogP contribution in [-0.2, 0) is 0 Å². The fourth-order valence-corrected chi connectivity index (χ4v) is 2.44. The molecule has 0 unspecified atom stereocenters. The van der Waals surface area contributed by atoms with E-state index in [1.165, 1.54) is 0 Å². The zero-order valence-corrected chi connectivity index (χ0v) is 10.9. The van der Waals surface area contributed by atoms with E-state index in [2.05, 4.69) is 6.42 Å². The van der Waals surface area contributed by atoms with Crippen LogP contribution in [0.15, 0.2) is 36.4 Å². The van der Waals surface area contributed by atoms with E-state index in [9.17, 15) is 4.79 Å². The molecular formula is C16H16NO2. The van der Waals surface area contributed by atoms with Crippen molar-refractivity contribution in [3.8, 4) is 5.75 Å². The highest BCUT2D eigenvalue weighted by atomic mass is 16.5. The van der Waals surface area contributed by atoms with Gasteiger partial charge >= 0.3 is 0 Å². The molecule has 0 saturated carbocycles. The maximum Gasteiger partial charge on any atom is 0.253 e. The van der Waals surface area contributed by atoms with Crippen molar-refractivity contribution in [2.75, 3.05) is 20.2 Å². The lowest BCUT2D eigenvalue weighted by molar-refractivity contribution is 0.0796. The molecular weight excluding hydrogens is 238 g/mol. The fraction of sp³-hybridized carbons (Fsp3) is 0.250. The Kier molecular flexibility index (Phi) is 3.11. The minimum atomic E-state index is 0.117. The maximum atomic E-state index is 12.3. The molecule has 0 spiro atoms. The first-order valence-corrected chi connectivity index (χ1v) is 6.47. The molecule has 2 aromatic rings. The standard InChI is InChI=1S/C16H16NO2/c1-19-15-7-6-12-10-14(5-4-13(12)11-15)16(18)17-8-2-3-9-17/h2,4-7,10-11H,3,8-9H2,1H3. The van der Waals surface area contributed by atoms with Crippen LogP contribution in [0.5, 0.6) is 5.75 Å². The van der Waals surface area contributed by atoms with Gasteiger partial charge in [0.05, 0.1) is 7.11 Å². The maximum absolute atomic E-state index is 12.3. The van der Waals surface area contributed by atoms with Crippen molar-refractivity contribution in [2.24, 2.45) is 0 Å². The summed E-state index contributed by atoms with van der Waals surface area (Å²) in [7, 11) is 1.66. The highest BCUT2D eigenvalue weighted by Gasteiger charge is 2.19. The molecule has 0 atom stereocenters. The summed E-state index contributed by atoms with van der Waals surface area (Å²) in [6.07, 6.45) is 3.14. The van der Waals surface area contributed by atoms with E-state index in [1.807, 2.05) is 41.3 Å². The third kappa shape index (κ3) is 2.28. The Morgan fingerprint density at radius 3 is 2.68 bits per heavy atom. The van der Waals surface area contributed by atoms with Crippen LogP contribution in [0.4, 0.5) is 0 Å². The highest BCUT2D eigenvalue weighted by Crippen LogP contribution is 2.23. The second-order valence-electron chi connectivity index (χ2n) is 4.76. The Morgan fingerprint density at radius 1 is 1.16 bits per heavy atom. The van der Waals surface area contributed by atoms with Crippen molar-refractivity contribution < 1.29 is 9.53 Å². The SMILES string of the molecule is COc1ccc2cc(C(=O)N3C[CH]CC3)ccc2c1. The number of amides is 1. The number of likely N-dealkylation sites (tertiary alicyclic amines) is 1. The van der Waals surface area contributed by atoms with Crippen LogP contribution in [0.1, 0.15) is 16.8 Å². The lowest BCUT2D eigenvalue weighted by Crippen LogP contribution is -2.27. The van der Waals surface area contributed by atoms with Crippen molar-refractivity contribution in [1.82, 2.24) is 4.90 Å². The van der Waals surface area contributed by atoms with Gasteiger partial charge in [-0.15, -0.1) is 0 Å². The van der Waals surface area contributed by atoms with Gasteiger partial charge in [0.1, 0.15) is 5.75 Å². The molecule has 1 radical (unpaired) electrons. The summed E-state index contributed by atoms with van der Waals surface area (Å²) in [5, 5.41) is 2.15. The number of hydrogen-bond acceptors (Lipinski definition) is 2. The fourth-order valence-electron chi connectivity index (χ4n) is 2.44. The smallest absolute Gasteiger partial charge is 0.253 e. The van der Waals surface area contributed by atoms with E-state index in [4.69, 9.17) is 4.74 Å². The van der Waals surface area contributed by atoms with E-state index >= 15 is 0 Å². The van der Waals surface area contributed by atoms with E-state index in [0.717, 1.165) is 41.6 Å². The summed E-state index contributed by atoms with van der Waals surface area (Å²) in [6.45, 7) is 1.60. The van der Waals surface area contributed by atoms with Crippen LogP contribution in [0.25, 0.3) is 10.8 Å². The molecule has 1 heterocycles. The molecule has 1 aliphatic heterocycles. The number of hydrogen-bond donors (Lipinski definition) is 0. The molecule has 0 aromatic heterocycles. The first-order chi connectivity index (χ1) is 9.28. The molecule has 0 bridgehead atoms. The van der Waals surface area contributed by atoms with Gasteiger partial charge in [-0.1, -0.05) is 12.1 Å². The van der Waals surface area contributed by atoms with Gasteiger partial charge in [0, 0.05) is 18.7 Å². The second kappa shape index (κ2) is 4.92. The number of ether oxygens (including phenoxy) is 1.